The summed E-state index contributed by atoms with van der Waals surface area (Å²) in [5, 5.41) is 0.194. The summed E-state index contributed by atoms with van der Waals surface area (Å²) in [7, 11) is 0. The van der Waals surface area contributed by atoms with E-state index in [0.29, 0.717) is 0 Å². The van der Waals surface area contributed by atoms with Gasteiger partial charge in [-0.1, -0.05) is 45.9 Å². The summed E-state index contributed by atoms with van der Waals surface area (Å²) in [5.74, 6) is 0. The van der Waals surface area contributed by atoms with Gasteiger partial charge in [-0.05, 0) is 12.1 Å². The first-order chi connectivity index (χ1) is 6.81. The van der Waals surface area contributed by atoms with Crippen LogP contribution in [0.3, 0.4) is 0 Å². The number of nitrogen functional groups attached to an aromatic ring is 1. The largest absolute Gasteiger partial charge is 0.399 e. The van der Waals surface area contributed by atoms with Crippen LogP contribution >= 0.6 is 23.2 Å². The number of para-hydroxylation sites is 1. The first kappa shape index (κ1) is 19.2. The lowest BCUT2D eigenvalue weighted by atomic mass is 10.3. The Balaban J connectivity index is -0.000000148. The maximum atomic E-state index is 5.36. The molecule has 1 aromatic rings. The number of anilines is 1. The first-order valence-electron chi connectivity index (χ1n) is 4.73. The molecule has 2 N–H and O–H groups in total. The Morgan fingerprint density at radius 3 is 1.36 bits per heavy atom. The van der Waals surface area contributed by atoms with Gasteiger partial charge in [-0.3, -0.25) is 0 Å². The summed E-state index contributed by atoms with van der Waals surface area (Å²) in [6.45, 7) is 8.00. The molecule has 0 bridgehead atoms. The Labute approximate surface area is 98.2 Å². The summed E-state index contributed by atoms with van der Waals surface area (Å²) in [5.41, 5.74) is 6.18. The fraction of sp³-hybridized carbons (Fsp3) is 0.455. The van der Waals surface area contributed by atoms with Gasteiger partial charge in [-0.25, -0.2) is 0 Å². The summed E-state index contributed by atoms with van der Waals surface area (Å²) < 4.78 is 0. The molecule has 0 amide bonds. The lowest BCUT2D eigenvalue weighted by Crippen LogP contribution is -1.79. The molecule has 0 aliphatic carbocycles. The van der Waals surface area contributed by atoms with Crippen LogP contribution in [-0.2, 0) is 0 Å². The molecule has 0 saturated carbocycles. The third-order valence-electron chi connectivity index (χ3n) is 0.800. The zero-order chi connectivity index (χ0) is 11.8. The van der Waals surface area contributed by atoms with Crippen LogP contribution in [0, 0.1) is 0 Å². The second kappa shape index (κ2) is 22.9. The minimum atomic E-state index is 0.194. The molecular formula is C11H21Cl2N. The average molecular weight is 238 g/mol. The fourth-order valence-corrected chi connectivity index (χ4v) is 0.453. The zero-order valence-electron chi connectivity index (χ0n) is 9.43. The van der Waals surface area contributed by atoms with E-state index in [-0.39, 0.29) is 5.34 Å². The third-order valence-corrected chi connectivity index (χ3v) is 0.800. The molecule has 0 heterocycles. The monoisotopic (exact) mass is 237 g/mol. The molecule has 0 saturated heterocycles. The van der Waals surface area contributed by atoms with Crippen molar-refractivity contribution in [3.8, 4) is 0 Å². The van der Waals surface area contributed by atoms with E-state index in [4.69, 9.17) is 28.9 Å². The predicted octanol–water partition coefficient (Wildman–Crippen LogP) is 4.74. The number of alkyl halides is 2. The van der Waals surface area contributed by atoms with Crippen molar-refractivity contribution in [2.24, 2.45) is 0 Å². The highest BCUT2D eigenvalue weighted by Gasteiger charge is 1.72. The van der Waals surface area contributed by atoms with E-state index in [0.717, 1.165) is 5.69 Å². The van der Waals surface area contributed by atoms with Crippen LogP contribution < -0.4 is 5.73 Å². The molecule has 0 atom stereocenters. The summed E-state index contributed by atoms with van der Waals surface area (Å²) in [6, 6.07) is 9.49. The van der Waals surface area contributed by atoms with E-state index in [1.54, 1.807) is 0 Å². The molecule has 1 nitrogen and oxygen atoms in total. The van der Waals surface area contributed by atoms with E-state index in [1.807, 2.05) is 58.0 Å². The van der Waals surface area contributed by atoms with Crippen molar-refractivity contribution in [3.05, 3.63) is 30.3 Å². The lowest BCUT2D eigenvalue weighted by molar-refractivity contribution is 1.50. The Hall–Kier alpha value is -0.400. The molecule has 0 unspecified atom stereocenters. The van der Waals surface area contributed by atoms with Gasteiger partial charge in [0.2, 0.25) is 0 Å². The number of hydrogen-bond donors (Lipinski definition) is 1. The predicted molar refractivity (Wildman–Crippen MR) is 70.1 cm³/mol. The number of benzene rings is 1. The van der Waals surface area contributed by atoms with Crippen molar-refractivity contribution in [2.45, 2.75) is 27.7 Å². The molecule has 3 heteroatoms. The molecular weight excluding hydrogens is 217 g/mol. The van der Waals surface area contributed by atoms with E-state index in [1.165, 1.54) is 0 Å². The second-order valence-electron chi connectivity index (χ2n) is 1.51. The van der Waals surface area contributed by atoms with Crippen LogP contribution in [0.2, 0.25) is 0 Å². The van der Waals surface area contributed by atoms with E-state index in [2.05, 4.69) is 0 Å². The third kappa shape index (κ3) is 22.6. The van der Waals surface area contributed by atoms with Crippen LogP contribution in [0.1, 0.15) is 27.7 Å². The highest BCUT2D eigenvalue weighted by Crippen LogP contribution is 1.95. The first-order valence-corrected chi connectivity index (χ1v) is 5.80. The smallest absolute Gasteiger partial charge is 0.0967 e. The maximum Gasteiger partial charge on any atom is 0.0967 e. The van der Waals surface area contributed by atoms with Crippen molar-refractivity contribution >= 4 is 28.9 Å². The van der Waals surface area contributed by atoms with Gasteiger partial charge in [0.1, 0.15) is 0 Å². The van der Waals surface area contributed by atoms with Crippen molar-refractivity contribution in [2.75, 3.05) is 11.1 Å². The van der Waals surface area contributed by atoms with E-state index >= 15 is 0 Å². The summed E-state index contributed by atoms with van der Waals surface area (Å²) in [4.78, 5) is 0. The molecule has 0 radical (unpaired) electrons. The number of halogens is 2. The Morgan fingerprint density at radius 2 is 1.21 bits per heavy atom. The quantitative estimate of drug-likeness (QED) is 0.512. The SMILES string of the molecule is CC.CC.ClCCl.Nc1ccccc1. The van der Waals surface area contributed by atoms with Crippen LogP contribution in [0.4, 0.5) is 5.69 Å². The number of rotatable bonds is 0. The fourth-order valence-electron chi connectivity index (χ4n) is 0.453. The second-order valence-corrected chi connectivity index (χ2v) is 2.32. The van der Waals surface area contributed by atoms with Crippen molar-refractivity contribution in [3.63, 3.8) is 0 Å². The molecule has 1 aromatic carbocycles. The topological polar surface area (TPSA) is 26.0 Å². The van der Waals surface area contributed by atoms with Gasteiger partial charge in [0.05, 0.1) is 5.34 Å². The molecule has 0 fully saturated rings. The van der Waals surface area contributed by atoms with Gasteiger partial charge in [0, 0.05) is 5.69 Å². The number of hydrogen-bond acceptors (Lipinski definition) is 1. The van der Waals surface area contributed by atoms with Crippen molar-refractivity contribution in [1.29, 1.82) is 0 Å². The van der Waals surface area contributed by atoms with Gasteiger partial charge in [-0.2, -0.15) is 0 Å². The number of nitrogens with two attached hydrogens (primary N) is 1. The van der Waals surface area contributed by atoms with Crippen LogP contribution in [0.15, 0.2) is 30.3 Å². The highest BCUT2D eigenvalue weighted by atomic mass is 35.5. The Morgan fingerprint density at radius 1 is 0.929 bits per heavy atom. The van der Waals surface area contributed by atoms with E-state index < -0.39 is 0 Å². The van der Waals surface area contributed by atoms with Gasteiger partial charge >= 0.3 is 0 Å². The Kier molecular flexibility index (Phi) is 31.5. The molecule has 84 valence electrons. The highest BCUT2D eigenvalue weighted by molar-refractivity contribution is 6.40. The maximum absolute atomic E-state index is 5.36. The standard InChI is InChI=1S/C6H7N.2C2H6.CH2Cl2/c7-6-4-2-1-3-5-6;2*1-2;2-1-3/h1-5H,7H2;2*1-2H3;1H2. The van der Waals surface area contributed by atoms with Crippen molar-refractivity contribution < 1.29 is 0 Å². The van der Waals surface area contributed by atoms with Gasteiger partial charge < -0.3 is 5.73 Å². The van der Waals surface area contributed by atoms with E-state index in [9.17, 15) is 0 Å². The summed E-state index contributed by atoms with van der Waals surface area (Å²) >= 11 is 9.53. The molecule has 0 aromatic heterocycles. The molecule has 14 heavy (non-hydrogen) atoms. The molecule has 0 spiro atoms. The van der Waals surface area contributed by atoms with Crippen molar-refractivity contribution in [1.82, 2.24) is 0 Å². The molecule has 1 rings (SSSR count). The molecule has 0 aliphatic heterocycles. The normalized spacial score (nSPS) is 6.43. The zero-order valence-corrected chi connectivity index (χ0v) is 10.9. The van der Waals surface area contributed by atoms with Gasteiger partial charge in [0.25, 0.3) is 0 Å². The lowest BCUT2D eigenvalue weighted by Gasteiger charge is -1.83. The molecule has 0 aliphatic rings. The van der Waals surface area contributed by atoms with Crippen LogP contribution in [0.5, 0.6) is 0 Å². The van der Waals surface area contributed by atoms with Crippen LogP contribution in [0.25, 0.3) is 0 Å². The van der Waals surface area contributed by atoms with Gasteiger partial charge in [0.15, 0.2) is 0 Å². The summed E-state index contributed by atoms with van der Waals surface area (Å²) in [6.07, 6.45) is 0. The minimum absolute atomic E-state index is 0.194. The van der Waals surface area contributed by atoms with Crippen LogP contribution in [-0.4, -0.2) is 5.34 Å². The van der Waals surface area contributed by atoms with Gasteiger partial charge in [-0.15, -0.1) is 23.2 Å². The average Bonchev–Trinajstić information content (AvgIpc) is 2.26. The Bertz CT molecular complexity index is 155. The minimum Gasteiger partial charge on any atom is -0.399 e.